The molecule has 1 heterocycles. The average Bonchev–Trinajstić information content (AvgIpc) is 2.84. The third kappa shape index (κ3) is 8.78. The standard InChI is InChI=1S/C26H32ClF2N3O3/c1-2-3-24(29)35-26(34)30-17-21(20-6-8-22(27)9-7-20)16-25(33)32-14-12-31(13-15-32)18-19-4-10-23(28)11-5-19/h4-11,21,24H,2-3,12-18H2,1H3,(H,30,34). The number of alkyl carbamates (subject to hydrolysis) is 1. The van der Waals surface area contributed by atoms with Gasteiger partial charge in [0.15, 0.2) is 0 Å². The maximum Gasteiger partial charge on any atom is 0.409 e. The Balaban J connectivity index is 1.54. The first kappa shape index (κ1) is 26.9. The fourth-order valence-corrected chi connectivity index (χ4v) is 4.16. The van der Waals surface area contributed by atoms with Crippen molar-refractivity contribution in [1.82, 2.24) is 15.1 Å². The number of alkyl halides is 1. The lowest BCUT2D eigenvalue weighted by atomic mass is 9.95. The van der Waals surface area contributed by atoms with E-state index in [1.807, 2.05) is 17.0 Å². The van der Waals surface area contributed by atoms with Gasteiger partial charge in [-0.25, -0.2) is 13.6 Å². The lowest BCUT2D eigenvalue weighted by molar-refractivity contribution is -0.133. The zero-order valence-corrected chi connectivity index (χ0v) is 20.6. The van der Waals surface area contributed by atoms with Crippen LogP contribution in [0.1, 0.15) is 43.2 Å². The highest BCUT2D eigenvalue weighted by Gasteiger charge is 2.25. The lowest BCUT2D eigenvalue weighted by Gasteiger charge is -2.35. The predicted molar refractivity (Wildman–Crippen MR) is 131 cm³/mol. The Morgan fingerprint density at radius 3 is 2.34 bits per heavy atom. The number of carbonyl (C=O) groups is 2. The van der Waals surface area contributed by atoms with Crippen LogP contribution in [0.2, 0.25) is 5.02 Å². The molecular weight excluding hydrogens is 476 g/mol. The van der Waals surface area contributed by atoms with E-state index in [1.165, 1.54) is 12.1 Å². The largest absolute Gasteiger partial charge is 0.415 e. The van der Waals surface area contributed by atoms with Crippen molar-refractivity contribution in [2.24, 2.45) is 0 Å². The summed E-state index contributed by atoms with van der Waals surface area (Å²) in [5, 5.41) is 3.16. The molecular formula is C26H32ClF2N3O3. The van der Waals surface area contributed by atoms with Gasteiger partial charge in [-0.05, 0) is 41.8 Å². The van der Waals surface area contributed by atoms with Crippen LogP contribution in [-0.2, 0) is 16.1 Å². The minimum atomic E-state index is -1.65. The summed E-state index contributed by atoms with van der Waals surface area (Å²) in [4.78, 5) is 29.1. The molecule has 2 aromatic rings. The van der Waals surface area contributed by atoms with Crippen LogP contribution in [0.5, 0.6) is 0 Å². The first-order chi connectivity index (χ1) is 16.8. The molecule has 2 atom stereocenters. The number of nitrogens with one attached hydrogen (secondary N) is 1. The number of amides is 2. The number of piperazine rings is 1. The van der Waals surface area contributed by atoms with Gasteiger partial charge in [0.1, 0.15) is 5.82 Å². The van der Waals surface area contributed by atoms with Crippen molar-refractivity contribution in [3.63, 3.8) is 0 Å². The smallest absolute Gasteiger partial charge is 0.409 e. The van der Waals surface area contributed by atoms with E-state index in [1.54, 1.807) is 31.2 Å². The van der Waals surface area contributed by atoms with Crippen molar-refractivity contribution in [1.29, 1.82) is 0 Å². The Labute approximate surface area is 210 Å². The molecule has 0 bridgehead atoms. The van der Waals surface area contributed by atoms with Gasteiger partial charge in [-0.1, -0.05) is 42.8 Å². The summed E-state index contributed by atoms with van der Waals surface area (Å²) in [6.45, 7) is 5.25. The molecule has 1 aliphatic heterocycles. The van der Waals surface area contributed by atoms with Crippen molar-refractivity contribution in [2.45, 2.75) is 45.0 Å². The monoisotopic (exact) mass is 507 g/mol. The van der Waals surface area contributed by atoms with Crippen LogP contribution in [0.15, 0.2) is 48.5 Å². The van der Waals surface area contributed by atoms with Gasteiger partial charge in [0.25, 0.3) is 0 Å². The number of carbonyl (C=O) groups excluding carboxylic acids is 2. The molecule has 0 spiro atoms. The zero-order valence-electron chi connectivity index (χ0n) is 19.9. The summed E-state index contributed by atoms with van der Waals surface area (Å²) in [5.41, 5.74) is 1.88. The molecule has 0 aliphatic carbocycles. The Morgan fingerprint density at radius 1 is 1.06 bits per heavy atom. The molecule has 2 aromatic carbocycles. The van der Waals surface area contributed by atoms with E-state index in [9.17, 15) is 18.4 Å². The van der Waals surface area contributed by atoms with Gasteiger partial charge in [-0.3, -0.25) is 9.69 Å². The zero-order chi connectivity index (χ0) is 25.2. The Morgan fingerprint density at radius 2 is 1.71 bits per heavy atom. The Bertz CT molecular complexity index is 951. The molecule has 2 amide bonds. The van der Waals surface area contributed by atoms with Crippen LogP contribution in [0.25, 0.3) is 0 Å². The minimum Gasteiger partial charge on any atom is -0.415 e. The molecule has 190 valence electrons. The molecule has 0 saturated carbocycles. The van der Waals surface area contributed by atoms with E-state index in [2.05, 4.69) is 10.2 Å². The summed E-state index contributed by atoms with van der Waals surface area (Å²) in [6, 6.07) is 13.6. The van der Waals surface area contributed by atoms with E-state index >= 15 is 0 Å². The van der Waals surface area contributed by atoms with Crippen molar-refractivity contribution >= 4 is 23.6 Å². The highest BCUT2D eigenvalue weighted by atomic mass is 35.5. The van der Waals surface area contributed by atoms with Crippen LogP contribution < -0.4 is 5.32 Å². The Hall–Kier alpha value is -2.71. The van der Waals surface area contributed by atoms with Crippen LogP contribution in [-0.4, -0.2) is 60.9 Å². The van der Waals surface area contributed by atoms with E-state index in [0.717, 1.165) is 11.1 Å². The molecule has 3 rings (SSSR count). The van der Waals surface area contributed by atoms with Crippen molar-refractivity contribution < 1.29 is 23.1 Å². The van der Waals surface area contributed by atoms with E-state index < -0.39 is 12.5 Å². The number of hydrogen-bond acceptors (Lipinski definition) is 4. The summed E-state index contributed by atoms with van der Waals surface area (Å²) in [7, 11) is 0. The van der Waals surface area contributed by atoms with Gasteiger partial charge < -0.3 is 15.0 Å². The topological polar surface area (TPSA) is 61.9 Å². The van der Waals surface area contributed by atoms with Gasteiger partial charge in [-0.15, -0.1) is 0 Å². The van der Waals surface area contributed by atoms with Gasteiger partial charge in [0.2, 0.25) is 12.3 Å². The molecule has 0 radical (unpaired) electrons. The highest BCUT2D eigenvalue weighted by Crippen LogP contribution is 2.23. The van der Waals surface area contributed by atoms with Gasteiger partial charge in [0, 0.05) is 63.1 Å². The van der Waals surface area contributed by atoms with Crippen molar-refractivity contribution in [2.75, 3.05) is 32.7 Å². The molecule has 0 aromatic heterocycles. The second kappa shape index (κ2) is 13.4. The number of nitrogens with zero attached hydrogens (tertiary/aromatic N) is 2. The van der Waals surface area contributed by atoms with Crippen molar-refractivity contribution in [3.05, 3.63) is 70.5 Å². The number of halogens is 3. The summed E-state index contributed by atoms with van der Waals surface area (Å²) in [6.07, 6.45) is -1.60. The van der Waals surface area contributed by atoms with Gasteiger partial charge in [0.05, 0.1) is 0 Å². The third-order valence-electron chi connectivity index (χ3n) is 6.05. The fraction of sp³-hybridized carbons (Fsp3) is 0.462. The SMILES string of the molecule is CCCC(F)OC(=O)NCC(CC(=O)N1CCN(Cc2ccc(F)cc2)CC1)c1ccc(Cl)cc1. The average molecular weight is 508 g/mol. The highest BCUT2D eigenvalue weighted by molar-refractivity contribution is 6.30. The van der Waals surface area contributed by atoms with Crippen LogP contribution in [0, 0.1) is 5.82 Å². The fourth-order valence-electron chi connectivity index (χ4n) is 4.04. The Kier molecular flexibility index (Phi) is 10.3. The van der Waals surface area contributed by atoms with Crippen LogP contribution in [0.4, 0.5) is 13.6 Å². The summed E-state index contributed by atoms with van der Waals surface area (Å²) < 4.78 is 31.5. The molecule has 1 aliphatic rings. The van der Waals surface area contributed by atoms with Gasteiger partial charge >= 0.3 is 6.09 Å². The van der Waals surface area contributed by atoms with E-state index in [4.69, 9.17) is 16.3 Å². The summed E-state index contributed by atoms with van der Waals surface area (Å²) >= 11 is 6.01. The van der Waals surface area contributed by atoms with E-state index in [0.29, 0.717) is 44.2 Å². The second-order valence-electron chi connectivity index (χ2n) is 8.72. The number of ether oxygens (including phenoxy) is 1. The van der Waals surface area contributed by atoms with Crippen LogP contribution >= 0.6 is 11.6 Å². The number of hydrogen-bond donors (Lipinski definition) is 1. The first-order valence-electron chi connectivity index (χ1n) is 11.9. The van der Waals surface area contributed by atoms with Crippen molar-refractivity contribution in [3.8, 4) is 0 Å². The molecule has 1 saturated heterocycles. The molecule has 6 nitrogen and oxygen atoms in total. The molecule has 35 heavy (non-hydrogen) atoms. The molecule has 9 heteroatoms. The predicted octanol–water partition coefficient (Wildman–Crippen LogP) is 5.12. The van der Waals surface area contributed by atoms with Gasteiger partial charge in [-0.2, -0.15) is 0 Å². The van der Waals surface area contributed by atoms with E-state index in [-0.39, 0.29) is 37.0 Å². The second-order valence-corrected chi connectivity index (χ2v) is 9.16. The quantitative estimate of drug-likeness (QED) is 0.485. The third-order valence-corrected chi connectivity index (χ3v) is 6.30. The normalized spacial score (nSPS) is 15.9. The maximum atomic E-state index is 13.6. The maximum absolute atomic E-state index is 13.6. The summed E-state index contributed by atoms with van der Waals surface area (Å²) in [5.74, 6) is -0.586. The first-order valence-corrected chi connectivity index (χ1v) is 12.3. The van der Waals surface area contributed by atoms with Crippen LogP contribution in [0.3, 0.4) is 0 Å². The number of rotatable bonds is 10. The molecule has 2 unspecified atom stereocenters. The lowest BCUT2D eigenvalue weighted by Crippen LogP contribution is -2.48. The minimum absolute atomic E-state index is 0.0177. The molecule has 1 fully saturated rings. The molecule has 1 N–H and O–H groups in total. The number of benzene rings is 2.